The van der Waals surface area contributed by atoms with E-state index in [9.17, 15) is 0 Å². The highest BCUT2D eigenvalue weighted by atomic mass is 16.5. The molecule has 0 amide bonds. The molecule has 1 N–H and O–H groups in total. The van der Waals surface area contributed by atoms with Gasteiger partial charge in [-0.15, -0.1) is 0 Å². The Labute approximate surface area is 164 Å². The van der Waals surface area contributed by atoms with E-state index in [2.05, 4.69) is 32.8 Å². The summed E-state index contributed by atoms with van der Waals surface area (Å²) in [5.41, 5.74) is 1.14. The summed E-state index contributed by atoms with van der Waals surface area (Å²) in [7, 11) is 1.88. The summed E-state index contributed by atoms with van der Waals surface area (Å²) in [6, 6.07) is 8.16. The van der Waals surface area contributed by atoms with Gasteiger partial charge in [-0.05, 0) is 44.3 Å². The Hall–Kier alpha value is -2.01. The Morgan fingerprint density at radius 1 is 1.26 bits per heavy atom. The third-order valence-corrected chi connectivity index (χ3v) is 5.53. The van der Waals surface area contributed by atoms with Crippen molar-refractivity contribution in [1.82, 2.24) is 15.1 Å². The number of hydrogen-bond acceptors (Lipinski definition) is 3. The molecule has 0 saturated carbocycles. The molecule has 1 unspecified atom stereocenters. The zero-order chi connectivity index (χ0) is 18.9. The molecule has 27 heavy (non-hydrogen) atoms. The lowest BCUT2D eigenvalue weighted by Crippen LogP contribution is -2.41. The molecule has 0 aromatic heterocycles. The minimum Gasteiger partial charge on any atom is -0.489 e. The maximum Gasteiger partial charge on any atom is 0.193 e. The van der Waals surface area contributed by atoms with Crippen LogP contribution < -0.4 is 10.1 Å². The molecule has 0 radical (unpaired) electrons. The largest absolute Gasteiger partial charge is 0.489 e. The highest BCUT2D eigenvalue weighted by molar-refractivity contribution is 5.80. The molecule has 5 nitrogen and oxygen atoms in total. The van der Waals surface area contributed by atoms with Gasteiger partial charge in [0, 0.05) is 38.8 Å². The number of rotatable bonds is 7. The van der Waals surface area contributed by atoms with E-state index in [4.69, 9.17) is 4.74 Å². The smallest absolute Gasteiger partial charge is 0.193 e. The first-order chi connectivity index (χ1) is 13.3. The van der Waals surface area contributed by atoms with Crippen molar-refractivity contribution >= 4 is 5.96 Å². The fourth-order valence-electron chi connectivity index (χ4n) is 4.13. The fourth-order valence-corrected chi connectivity index (χ4v) is 4.13. The predicted molar refractivity (Wildman–Crippen MR) is 112 cm³/mol. The van der Waals surface area contributed by atoms with Crippen molar-refractivity contribution < 1.29 is 4.74 Å². The van der Waals surface area contributed by atoms with E-state index in [1.807, 2.05) is 25.2 Å². The standard InChI is InChI=1S/C22H34N4O/c1-3-15-27-21-10-6-5-9-20(21)16-24-22(23-2)26-14-11-19(18-26)17-25-12-7-4-8-13-25/h3,5-6,9-10,19H,1,4,7-8,11-18H2,2H3,(H,23,24). The van der Waals surface area contributed by atoms with Crippen LogP contribution in [0.4, 0.5) is 0 Å². The van der Waals surface area contributed by atoms with Gasteiger partial charge in [0.1, 0.15) is 12.4 Å². The van der Waals surface area contributed by atoms with Crippen LogP contribution >= 0.6 is 0 Å². The number of piperidine rings is 1. The maximum absolute atomic E-state index is 5.76. The van der Waals surface area contributed by atoms with Crippen molar-refractivity contribution in [1.29, 1.82) is 0 Å². The topological polar surface area (TPSA) is 40.1 Å². The highest BCUT2D eigenvalue weighted by Crippen LogP contribution is 2.21. The summed E-state index contributed by atoms with van der Waals surface area (Å²) in [6.07, 6.45) is 7.17. The first kappa shape index (κ1) is 19.7. The minimum atomic E-state index is 0.524. The Bertz CT molecular complexity index is 624. The van der Waals surface area contributed by atoms with Crippen LogP contribution in [0.3, 0.4) is 0 Å². The number of hydrogen-bond donors (Lipinski definition) is 1. The van der Waals surface area contributed by atoms with Crippen molar-refractivity contribution in [2.45, 2.75) is 32.2 Å². The monoisotopic (exact) mass is 370 g/mol. The Morgan fingerprint density at radius 3 is 2.85 bits per heavy atom. The molecule has 0 bridgehead atoms. The molecular weight excluding hydrogens is 336 g/mol. The molecular formula is C22H34N4O. The zero-order valence-corrected chi connectivity index (χ0v) is 16.7. The van der Waals surface area contributed by atoms with E-state index in [1.165, 1.54) is 45.3 Å². The van der Waals surface area contributed by atoms with Crippen LogP contribution in [-0.2, 0) is 6.54 Å². The number of guanidine groups is 1. The molecule has 0 aliphatic carbocycles. The number of nitrogens with one attached hydrogen (secondary N) is 1. The number of nitrogens with zero attached hydrogens (tertiary/aromatic N) is 3. The van der Waals surface area contributed by atoms with E-state index in [0.29, 0.717) is 13.2 Å². The Kier molecular flexibility index (Phi) is 7.57. The highest BCUT2D eigenvalue weighted by Gasteiger charge is 2.27. The predicted octanol–water partition coefficient (Wildman–Crippen LogP) is 3.13. The van der Waals surface area contributed by atoms with Crippen molar-refractivity contribution in [3.8, 4) is 5.75 Å². The van der Waals surface area contributed by atoms with Crippen LogP contribution in [0.1, 0.15) is 31.2 Å². The maximum atomic E-state index is 5.76. The second-order valence-electron chi connectivity index (χ2n) is 7.57. The third-order valence-electron chi connectivity index (χ3n) is 5.53. The molecule has 2 aliphatic heterocycles. The fraction of sp³-hybridized carbons (Fsp3) is 0.591. The number of likely N-dealkylation sites (tertiary alicyclic amines) is 2. The molecule has 2 fully saturated rings. The molecule has 3 rings (SSSR count). The van der Waals surface area contributed by atoms with Crippen LogP contribution in [0.15, 0.2) is 41.9 Å². The van der Waals surface area contributed by atoms with Crippen LogP contribution in [0.25, 0.3) is 0 Å². The van der Waals surface area contributed by atoms with E-state index >= 15 is 0 Å². The summed E-state index contributed by atoms with van der Waals surface area (Å²) in [5.74, 6) is 2.66. The van der Waals surface area contributed by atoms with Crippen molar-refractivity contribution in [2.75, 3.05) is 46.4 Å². The average molecular weight is 371 g/mol. The van der Waals surface area contributed by atoms with E-state index < -0.39 is 0 Å². The summed E-state index contributed by atoms with van der Waals surface area (Å²) >= 11 is 0. The number of para-hydroxylation sites is 1. The second-order valence-corrected chi connectivity index (χ2v) is 7.57. The van der Waals surface area contributed by atoms with Gasteiger partial charge in [-0.2, -0.15) is 0 Å². The van der Waals surface area contributed by atoms with Gasteiger partial charge in [0.15, 0.2) is 5.96 Å². The molecule has 0 spiro atoms. The third kappa shape index (κ3) is 5.73. The SMILES string of the molecule is C=CCOc1ccccc1CNC(=NC)N1CCC(CN2CCCCC2)C1. The van der Waals surface area contributed by atoms with E-state index in [-0.39, 0.29) is 0 Å². The van der Waals surface area contributed by atoms with Crippen molar-refractivity contribution in [3.05, 3.63) is 42.5 Å². The van der Waals surface area contributed by atoms with Crippen molar-refractivity contribution in [2.24, 2.45) is 10.9 Å². The lowest BCUT2D eigenvalue weighted by Gasteiger charge is -2.29. The Morgan fingerprint density at radius 2 is 2.07 bits per heavy atom. The van der Waals surface area contributed by atoms with Crippen LogP contribution in [0.5, 0.6) is 5.75 Å². The lowest BCUT2D eigenvalue weighted by atomic mass is 10.1. The quantitative estimate of drug-likeness (QED) is 0.455. The summed E-state index contributed by atoms with van der Waals surface area (Å²) in [6.45, 7) is 11.0. The van der Waals surface area contributed by atoms with Gasteiger partial charge in [0.25, 0.3) is 0 Å². The molecule has 5 heteroatoms. The van der Waals surface area contributed by atoms with Gasteiger partial charge in [0.05, 0.1) is 0 Å². The van der Waals surface area contributed by atoms with Crippen LogP contribution in [-0.4, -0.2) is 62.1 Å². The van der Waals surface area contributed by atoms with Crippen LogP contribution in [0.2, 0.25) is 0 Å². The first-order valence-corrected chi connectivity index (χ1v) is 10.3. The number of benzene rings is 1. The summed E-state index contributed by atoms with van der Waals surface area (Å²) in [4.78, 5) is 9.58. The van der Waals surface area contributed by atoms with Gasteiger partial charge in [-0.25, -0.2) is 0 Å². The van der Waals surface area contributed by atoms with Gasteiger partial charge >= 0.3 is 0 Å². The number of aliphatic imine (C=N–C) groups is 1. The second kappa shape index (κ2) is 10.4. The van der Waals surface area contributed by atoms with Gasteiger partial charge in [-0.3, -0.25) is 4.99 Å². The molecule has 2 aliphatic rings. The molecule has 1 aromatic rings. The zero-order valence-electron chi connectivity index (χ0n) is 16.7. The van der Waals surface area contributed by atoms with Crippen LogP contribution in [0, 0.1) is 5.92 Å². The molecule has 2 heterocycles. The minimum absolute atomic E-state index is 0.524. The molecule has 148 valence electrons. The molecule has 2 saturated heterocycles. The van der Waals surface area contributed by atoms with Gasteiger partial charge in [0.2, 0.25) is 0 Å². The lowest BCUT2D eigenvalue weighted by molar-refractivity contribution is 0.198. The summed E-state index contributed by atoms with van der Waals surface area (Å²) < 4.78 is 5.76. The van der Waals surface area contributed by atoms with Gasteiger partial charge in [-0.1, -0.05) is 37.3 Å². The molecule has 1 atom stereocenters. The van der Waals surface area contributed by atoms with Gasteiger partial charge < -0.3 is 19.9 Å². The summed E-state index contributed by atoms with van der Waals surface area (Å²) in [5, 5.41) is 3.53. The van der Waals surface area contributed by atoms with E-state index in [0.717, 1.165) is 36.3 Å². The van der Waals surface area contributed by atoms with E-state index in [1.54, 1.807) is 6.08 Å². The average Bonchev–Trinajstić information content (AvgIpc) is 3.16. The first-order valence-electron chi connectivity index (χ1n) is 10.3. The number of ether oxygens (including phenoxy) is 1. The normalized spacial score (nSPS) is 21.3. The molecule has 1 aromatic carbocycles. The van der Waals surface area contributed by atoms with Crippen molar-refractivity contribution in [3.63, 3.8) is 0 Å². The Balaban J connectivity index is 1.50.